The fourth-order valence-electron chi connectivity index (χ4n) is 8.34. The van der Waals surface area contributed by atoms with E-state index in [1.807, 2.05) is 0 Å². The highest BCUT2D eigenvalue weighted by Crippen LogP contribution is 2.15. The average molecular weight is 1040 g/mol. The summed E-state index contributed by atoms with van der Waals surface area (Å²) in [6, 6.07) is 0. The molecular formula is C69H114O6. The fraction of sp³-hybridized carbons (Fsp3) is 0.667. The van der Waals surface area contributed by atoms with Crippen molar-refractivity contribution in [2.24, 2.45) is 0 Å². The zero-order chi connectivity index (χ0) is 54.3. The molecule has 0 N–H and O–H groups in total. The molecule has 0 aromatic carbocycles. The van der Waals surface area contributed by atoms with E-state index in [9.17, 15) is 14.4 Å². The van der Waals surface area contributed by atoms with Gasteiger partial charge in [-0.2, -0.15) is 0 Å². The van der Waals surface area contributed by atoms with Gasteiger partial charge in [0, 0.05) is 19.3 Å². The van der Waals surface area contributed by atoms with Gasteiger partial charge in [-0.3, -0.25) is 14.4 Å². The second kappa shape index (κ2) is 62.4. The van der Waals surface area contributed by atoms with Crippen LogP contribution in [0.2, 0.25) is 0 Å². The lowest BCUT2D eigenvalue weighted by Crippen LogP contribution is -2.30. The largest absolute Gasteiger partial charge is 0.462 e. The maximum Gasteiger partial charge on any atom is 0.306 e. The van der Waals surface area contributed by atoms with Crippen molar-refractivity contribution in [2.45, 2.75) is 284 Å². The first-order valence-electron chi connectivity index (χ1n) is 31.0. The molecule has 0 aliphatic rings. The number of hydrogen-bond acceptors (Lipinski definition) is 6. The lowest BCUT2D eigenvalue weighted by molar-refractivity contribution is -0.167. The average Bonchev–Trinajstić information content (AvgIpc) is 3.41. The Kier molecular flexibility index (Phi) is 58.9. The highest BCUT2D eigenvalue weighted by Gasteiger charge is 2.19. The number of carbonyl (C=O) groups excluding carboxylic acids is 3. The topological polar surface area (TPSA) is 78.9 Å². The molecule has 0 aromatic rings. The van der Waals surface area contributed by atoms with E-state index >= 15 is 0 Å². The molecule has 1 unspecified atom stereocenters. The quantitative estimate of drug-likeness (QED) is 0.0261. The number of allylic oxidation sites excluding steroid dienone is 20. The van der Waals surface area contributed by atoms with Gasteiger partial charge in [-0.15, -0.1) is 0 Å². The molecular weight excluding hydrogens is 925 g/mol. The number of esters is 3. The monoisotopic (exact) mass is 1040 g/mol. The first-order chi connectivity index (χ1) is 37.0. The van der Waals surface area contributed by atoms with Crippen molar-refractivity contribution in [2.75, 3.05) is 13.2 Å². The highest BCUT2D eigenvalue weighted by molar-refractivity contribution is 5.71. The van der Waals surface area contributed by atoms with Gasteiger partial charge in [0.15, 0.2) is 6.10 Å². The van der Waals surface area contributed by atoms with Gasteiger partial charge in [0.1, 0.15) is 13.2 Å². The normalized spacial score (nSPS) is 12.9. The van der Waals surface area contributed by atoms with E-state index in [-0.39, 0.29) is 31.1 Å². The third kappa shape index (κ3) is 60.6. The molecule has 426 valence electrons. The van der Waals surface area contributed by atoms with Crippen LogP contribution < -0.4 is 0 Å². The molecule has 1 atom stereocenters. The molecule has 0 heterocycles. The first-order valence-corrected chi connectivity index (χ1v) is 31.0. The van der Waals surface area contributed by atoms with E-state index in [1.54, 1.807) is 0 Å². The Bertz CT molecular complexity index is 1570. The fourth-order valence-corrected chi connectivity index (χ4v) is 8.34. The third-order valence-electron chi connectivity index (χ3n) is 12.9. The van der Waals surface area contributed by atoms with Crippen molar-refractivity contribution in [3.63, 3.8) is 0 Å². The SMILES string of the molecule is CC/C=C\C/C=C\C/C=C\C/C=C\C/C=C\CCCCCCCCCC(=O)OCC(COC(=O)CCCCCCCCC/C=C\C/C=C\CCCCC)OC(=O)CCCCCCCCC/C=C\C/C=C\C/C=C\CC. The van der Waals surface area contributed by atoms with Crippen LogP contribution in [0.5, 0.6) is 0 Å². The predicted molar refractivity (Wildman–Crippen MR) is 325 cm³/mol. The van der Waals surface area contributed by atoms with Crippen LogP contribution in [0.25, 0.3) is 0 Å². The molecule has 0 spiro atoms. The molecule has 0 bridgehead atoms. The zero-order valence-electron chi connectivity index (χ0n) is 48.8. The van der Waals surface area contributed by atoms with E-state index in [1.165, 1.54) is 103 Å². The van der Waals surface area contributed by atoms with Crippen LogP contribution in [0.4, 0.5) is 0 Å². The minimum Gasteiger partial charge on any atom is -0.462 e. The number of hydrogen-bond donors (Lipinski definition) is 0. The van der Waals surface area contributed by atoms with Gasteiger partial charge in [0.25, 0.3) is 0 Å². The Balaban J connectivity index is 4.43. The van der Waals surface area contributed by atoms with Crippen LogP contribution in [-0.4, -0.2) is 37.2 Å². The summed E-state index contributed by atoms with van der Waals surface area (Å²) >= 11 is 0. The third-order valence-corrected chi connectivity index (χ3v) is 12.9. The zero-order valence-corrected chi connectivity index (χ0v) is 48.8. The van der Waals surface area contributed by atoms with Gasteiger partial charge in [-0.05, 0) is 128 Å². The van der Waals surface area contributed by atoms with Gasteiger partial charge in [0.05, 0.1) is 0 Å². The molecule has 0 fully saturated rings. The predicted octanol–water partition coefficient (Wildman–Crippen LogP) is 21.2. The Morgan fingerprint density at radius 2 is 0.520 bits per heavy atom. The second-order valence-corrected chi connectivity index (χ2v) is 20.2. The number of rotatable bonds is 55. The van der Waals surface area contributed by atoms with Crippen molar-refractivity contribution in [3.8, 4) is 0 Å². The van der Waals surface area contributed by atoms with Crippen LogP contribution >= 0.6 is 0 Å². The molecule has 0 aliphatic heterocycles. The first kappa shape index (κ1) is 70.8. The van der Waals surface area contributed by atoms with Crippen molar-refractivity contribution in [3.05, 3.63) is 122 Å². The molecule has 0 radical (unpaired) electrons. The standard InChI is InChI=1S/C69H114O6/c1-4-7-10-13-16-19-22-25-28-31-32-33-34-35-36-39-41-44-47-50-53-56-59-62-68(71)74-65-66(75-69(72)63-60-57-54-51-48-45-42-38-30-27-24-21-18-15-12-9-6-3)64-73-67(70)61-58-55-52-49-46-43-40-37-29-26-23-20-17-14-11-8-5-2/h7,9-10,12,16-21,25-30,32-33,35-36,66H,4-6,8,11,13-15,22-24,31,34,37-65H2,1-3H3/b10-7-,12-9-,19-16-,20-17-,21-18-,28-25-,29-26-,30-27-,33-32-,36-35-. The summed E-state index contributed by atoms with van der Waals surface area (Å²) in [6.45, 7) is 6.38. The minimum atomic E-state index is -0.796. The molecule has 6 heteroatoms. The maximum absolute atomic E-state index is 12.9. The van der Waals surface area contributed by atoms with E-state index in [0.717, 1.165) is 135 Å². The smallest absolute Gasteiger partial charge is 0.306 e. The van der Waals surface area contributed by atoms with Gasteiger partial charge >= 0.3 is 17.9 Å². The van der Waals surface area contributed by atoms with Crippen LogP contribution in [0.15, 0.2) is 122 Å². The Hall–Kier alpha value is -4.19. The molecule has 75 heavy (non-hydrogen) atoms. The van der Waals surface area contributed by atoms with E-state index in [4.69, 9.17) is 14.2 Å². The van der Waals surface area contributed by atoms with Gasteiger partial charge < -0.3 is 14.2 Å². The highest BCUT2D eigenvalue weighted by atomic mass is 16.6. The van der Waals surface area contributed by atoms with Crippen molar-refractivity contribution >= 4 is 17.9 Å². The molecule has 6 nitrogen and oxygen atoms in total. The summed E-state index contributed by atoms with van der Waals surface area (Å²) in [6.07, 6.45) is 86.1. The lowest BCUT2D eigenvalue weighted by atomic mass is 10.1. The van der Waals surface area contributed by atoms with Crippen molar-refractivity contribution in [1.82, 2.24) is 0 Å². The van der Waals surface area contributed by atoms with Gasteiger partial charge in [-0.1, -0.05) is 251 Å². The second-order valence-electron chi connectivity index (χ2n) is 20.2. The van der Waals surface area contributed by atoms with E-state index in [2.05, 4.69) is 142 Å². The summed E-state index contributed by atoms with van der Waals surface area (Å²) < 4.78 is 16.9. The molecule has 0 saturated carbocycles. The van der Waals surface area contributed by atoms with Gasteiger partial charge in [0.2, 0.25) is 0 Å². The van der Waals surface area contributed by atoms with Crippen LogP contribution in [0, 0.1) is 0 Å². The molecule has 0 amide bonds. The summed E-state index contributed by atoms with van der Waals surface area (Å²) in [4.78, 5) is 38.3. The van der Waals surface area contributed by atoms with Gasteiger partial charge in [-0.25, -0.2) is 0 Å². The summed E-state index contributed by atoms with van der Waals surface area (Å²) in [7, 11) is 0. The number of ether oxygens (including phenoxy) is 3. The van der Waals surface area contributed by atoms with Crippen LogP contribution in [0.1, 0.15) is 278 Å². The van der Waals surface area contributed by atoms with E-state index < -0.39 is 6.10 Å². The number of carbonyl (C=O) groups is 3. The maximum atomic E-state index is 12.9. The van der Waals surface area contributed by atoms with Crippen molar-refractivity contribution in [1.29, 1.82) is 0 Å². The molecule has 0 rings (SSSR count). The van der Waals surface area contributed by atoms with Crippen molar-refractivity contribution < 1.29 is 28.6 Å². The number of unbranched alkanes of at least 4 members (excludes halogenated alkanes) is 24. The van der Waals surface area contributed by atoms with Crippen LogP contribution in [-0.2, 0) is 28.6 Å². The Morgan fingerprint density at radius 1 is 0.280 bits per heavy atom. The van der Waals surface area contributed by atoms with Crippen LogP contribution in [0.3, 0.4) is 0 Å². The molecule has 0 saturated heterocycles. The molecule has 0 aliphatic carbocycles. The Morgan fingerprint density at radius 3 is 0.813 bits per heavy atom. The summed E-state index contributed by atoms with van der Waals surface area (Å²) in [5.41, 5.74) is 0. The lowest BCUT2D eigenvalue weighted by Gasteiger charge is -2.18. The van der Waals surface area contributed by atoms with E-state index in [0.29, 0.717) is 19.3 Å². The molecule has 0 aromatic heterocycles. The summed E-state index contributed by atoms with van der Waals surface area (Å²) in [5, 5.41) is 0. The summed E-state index contributed by atoms with van der Waals surface area (Å²) in [5.74, 6) is -0.917. The Labute approximate surface area is 462 Å². The minimum absolute atomic E-state index is 0.0921.